The van der Waals surface area contributed by atoms with E-state index < -0.39 is 0 Å². The molecule has 1 unspecified atom stereocenters. The van der Waals surface area contributed by atoms with Gasteiger partial charge in [0.2, 0.25) is 5.91 Å². The molecule has 1 aromatic heterocycles. The molecule has 1 fully saturated rings. The topological polar surface area (TPSA) is 50.6 Å². The fourth-order valence-electron chi connectivity index (χ4n) is 3.53. The summed E-state index contributed by atoms with van der Waals surface area (Å²) < 4.78 is 21.8. The minimum Gasteiger partial charge on any atom is -0.370 e. The van der Waals surface area contributed by atoms with Gasteiger partial charge in [0.15, 0.2) is 0 Å². The third-order valence-corrected chi connectivity index (χ3v) is 4.78. The first-order chi connectivity index (χ1) is 13.4. The Morgan fingerprint density at radius 2 is 2.07 bits per heavy atom. The second-order valence-corrected chi connectivity index (χ2v) is 7.91. The summed E-state index contributed by atoms with van der Waals surface area (Å²) in [5, 5.41) is 4.21. The first-order valence-corrected chi connectivity index (χ1v) is 9.73. The third-order valence-electron chi connectivity index (χ3n) is 4.78. The maximum atomic E-state index is 13.9. The number of hydrogen-bond donors (Lipinski definition) is 0. The number of hydrogen-bond acceptors (Lipinski definition) is 4. The van der Waals surface area contributed by atoms with Crippen molar-refractivity contribution in [3.63, 3.8) is 0 Å². The number of benzene rings is 1. The maximum absolute atomic E-state index is 13.9. The van der Waals surface area contributed by atoms with E-state index in [1.807, 2.05) is 24.3 Å². The van der Waals surface area contributed by atoms with Crippen molar-refractivity contribution in [3.8, 4) is 0 Å². The second-order valence-electron chi connectivity index (χ2n) is 7.91. The van der Waals surface area contributed by atoms with Gasteiger partial charge >= 0.3 is 0 Å². The molecular formula is C21H29FN4O2. The number of aromatic nitrogens is 2. The molecule has 7 heteroatoms. The standard InChI is InChI=1S/C21H29FN4O2/c1-16(2)9-26-13-19(28-15-18-6-4-5-7-20(18)22)12-25(14-21(26)27)11-17-8-23-24(3)10-17/h4-8,10,16,19H,9,11-15H2,1-3H3. The van der Waals surface area contributed by atoms with Gasteiger partial charge in [-0.3, -0.25) is 14.4 Å². The predicted octanol–water partition coefficient (Wildman–Crippen LogP) is 2.44. The molecule has 1 saturated heterocycles. The summed E-state index contributed by atoms with van der Waals surface area (Å²) >= 11 is 0. The summed E-state index contributed by atoms with van der Waals surface area (Å²) in [6.45, 7) is 7.21. The lowest BCUT2D eigenvalue weighted by atomic mass is 10.2. The van der Waals surface area contributed by atoms with Gasteiger partial charge in [-0.2, -0.15) is 5.10 Å². The third kappa shape index (κ3) is 5.62. The van der Waals surface area contributed by atoms with Crippen LogP contribution in [-0.2, 0) is 29.7 Å². The van der Waals surface area contributed by atoms with E-state index in [1.165, 1.54) is 6.07 Å². The Hall–Kier alpha value is -2.25. The molecule has 1 atom stereocenters. The van der Waals surface area contributed by atoms with Gasteiger partial charge in [0, 0.05) is 50.6 Å². The summed E-state index contributed by atoms with van der Waals surface area (Å²) in [6, 6.07) is 6.65. The van der Waals surface area contributed by atoms with E-state index in [1.54, 1.807) is 22.9 Å². The van der Waals surface area contributed by atoms with Crippen molar-refractivity contribution in [1.29, 1.82) is 0 Å². The predicted molar refractivity (Wildman–Crippen MR) is 105 cm³/mol. The van der Waals surface area contributed by atoms with Gasteiger partial charge in [-0.1, -0.05) is 32.0 Å². The summed E-state index contributed by atoms with van der Waals surface area (Å²) in [7, 11) is 1.88. The molecule has 0 N–H and O–H groups in total. The zero-order chi connectivity index (χ0) is 20.1. The minimum absolute atomic E-state index is 0.106. The number of halogens is 1. The maximum Gasteiger partial charge on any atom is 0.236 e. The van der Waals surface area contributed by atoms with Gasteiger partial charge in [-0.05, 0) is 12.0 Å². The highest BCUT2D eigenvalue weighted by molar-refractivity contribution is 5.78. The Morgan fingerprint density at radius 3 is 2.75 bits per heavy atom. The van der Waals surface area contributed by atoms with E-state index in [0.29, 0.717) is 44.2 Å². The molecule has 1 aromatic carbocycles. The van der Waals surface area contributed by atoms with Crippen molar-refractivity contribution in [3.05, 3.63) is 53.6 Å². The normalized spacial score (nSPS) is 18.7. The summed E-state index contributed by atoms with van der Waals surface area (Å²) in [4.78, 5) is 16.7. The Labute approximate surface area is 165 Å². The molecule has 0 spiro atoms. The van der Waals surface area contributed by atoms with Crippen LogP contribution in [0.25, 0.3) is 0 Å². The van der Waals surface area contributed by atoms with Gasteiger partial charge in [-0.15, -0.1) is 0 Å². The summed E-state index contributed by atoms with van der Waals surface area (Å²) in [5.74, 6) is 0.217. The fraction of sp³-hybridized carbons (Fsp3) is 0.524. The lowest BCUT2D eigenvalue weighted by molar-refractivity contribution is -0.132. The lowest BCUT2D eigenvalue weighted by Gasteiger charge is -2.26. The highest BCUT2D eigenvalue weighted by Gasteiger charge is 2.29. The average Bonchev–Trinajstić information content (AvgIpc) is 2.97. The molecule has 0 saturated carbocycles. The molecule has 0 radical (unpaired) electrons. The van der Waals surface area contributed by atoms with Crippen LogP contribution in [0.2, 0.25) is 0 Å². The second kappa shape index (κ2) is 9.30. The number of aryl methyl sites for hydroxylation is 1. The quantitative estimate of drug-likeness (QED) is 0.731. The summed E-state index contributed by atoms with van der Waals surface area (Å²) in [5.41, 5.74) is 1.59. The molecular weight excluding hydrogens is 359 g/mol. The van der Waals surface area contributed by atoms with Crippen LogP contribution < -0.4 is 0 Å². The molecule has 28 heavy (non-hydrogen) atoms. The van der Waals surface area contributed by atoms with E-state index in [0.717, 1.165) is 5.56 Å². The number of carbonyl (C=O) groups is 1. The van der Waals surface area contributed by atoms with Crippen molar-refractivity contribution in [1.82, 2.24) is 19.6 Å². The Kier molecular flexibility index (Phi) is 6.80. The van der Waals surface area contributed by atoms with Crippen LogP contribution in [0.1, 0.15) is 25.0 Å². The SMILES string of the molecule is CC(C)CN1CC(OCc2ccccc2F)CN(Cc2cnn(C)c2)CC1=O. The average molecular weight is 388 g/mol. The smallest absolute Gasteiger partial charge is 0.236 e. The number of nitrogens with zero attached hydrogens (tertiary/aromatic N) is 4. The zero-order valence-corrected chi connectivity index (χ0v) is 16.8. The van der Waals surface area contributed by atoms with Gasteiger partial charge < -0.3 is 9.64 Å². The van der Waals surface area contributed by atoms with Crippen LogP contribution in [-0.4, -0.2) is 57.8 Å². The van der Waals surface area contributed by atoms with Crippen LogP contribution in [0.3, 0.4) is 0 Å². The molecule has 0 bridgehead atoms. The van der Waals surface area contributed by atoms with E-state index in [4.69, 9.17) is 4.74 Å². The van der Waals surface area contributed by atoms with Crippen molar-refractivity contribution in [2.45, 2.75) is 33.1 Å². The van der Waals surface area contributed by atoms with Crippen molar-refractivity contribution >= 4 is 5.91 Å². The Bertz CT molecular complexity index is 792. The van der Waals surface area contributed by atoms with E-state index in [-0.39, 0.29) is 24.4 Å². The lowest BCUT2D eigenvalue weighted by Crippen LogP contribution is -2.40. The molecule has 6 nitrogen and oxygen atoms in total. The Morgan fingerprint density at radius 1 is 1.29 bits per heavy atom. The van der Waals surface area contributed by atoms with Gasteiger partial charge in [0.05, 0.1) is 25.5 Å². The van der Waals surface area contributed by atoms with Crippen LogP contribution in [0.4, 0.5) is 4.39 Å². The summed E-state index contributed by atoms with van der Waals surface area (Å²) in [6.07, 6.45) is 3.59. The van der Waals surface area contributed by atoms with Crippen LogP contribution in [0.15, 0.2) is 36.7 Å². The molecule has 2 heterocycles. The number of carbonyl (C=O) groups excluding carboxylic acids is 1. The van der Waals surface area contributed by atoms with Crippen LogP contribution in [0.5, 0.6) is 0 Å². The molecule has 0 aliphatic carbocycles. The van der Waals surface area contributed by atoms with Gasteiger partial charge in [-0.25, -0.2) is 4.39 Å². The highest BCUT2D eigenvalue weighted by atomic mass is 19.1. The number of rotatable bonds is 7. The van der Waals surface area contributed by atoms with Gasteiger partial charge in [0.1, 0.15) is 5.82 Å². The first-order valence-electron chi connectivity index (χ1n) is 9.73. The van der Waals surface area contributed by atoms with Crippen LogP contribution in [0, 0.1) is 11.7 Å². The van der Waals surface area contributed by atoms with Crippen LogP contribution >= 0.6 is 0 Å². The highest BCUT2D eigenvalue weighted by Crippen LogP contribution is 2.16. The van der Waals surface area contributed by atoms with Gasteiger partial charge in [0.25, 0.3) is 0 Å². The molecule has 1 aliphatic rings. The molecule has 1 aliphatic heterocycles. The zero-order valence-electron chi connectivity index (χ0n) is 16.8. The minimum atomic E-state index is -0.265. The molecule has 152 valence electrons. The molecule has 2 aromatic rings. The van der Waals surface area contributed by atoms with Crippen molar-refractivity contribution in [2.75, 3.05) is 26.2 Å². The monoisotopic (exact) mass is 388 g/mol. The Balaban J connectivity index is 1.71. The van der Waals surface area contributed by atoms with E-state index >= 15 is 0 Å². The fourth-order valence-corrected chi connectivity index (χ4v) is 3.53. The largest absolute Gasteiger partial charge is 0.370 e. The molecule has 1 amide bonds. The van der Waals surface area contributed by atoms with E-state index in [2.05, 4.69) is 23.8 Å². The van der Waals surface area contributed by atoms with Crippen molar-refractivity contribution < 1.29 is 13.9 Å². The first kappa shape index (κ1) is 20.5. The number of ether oxygens (including phenoxy) is 1. The molecule has 3 rings (SSSR count). The van der Waals surface area contributed by atoms with Crippen molar-refractivity contribution in [2.24, 2.45) is 13.0 Å². The number of amides is 1. The van der Waals surface area contributed by atoms with E-state index in [9.17, 15) is 9.18 Å².